The number of ether oxygens (including phenoxy) is 1. The summed E-state index contributed by atoms with van der Waals surface area (Å²) in [6, 6.07) is 15.4. The fourth-order valence-corrected chi connectivity index (χ4v) is 3.97. The van der Waals surface area contributed by atoms with Gasteiger partial charge >= 0.3 is 0 Å². The van der Waals surface area contributed by atoms with E-state index in [1.165, 1.54) is 0 Å². The fourth-order valence-electron chi connectivity index (χ4n) is 3.60. The van der Waals surface area contributed by atoms with E-state index in [1.54, 1.807) is 4.68 Å². The molecule has 6 nitrogen and oxygen atoms in total. The lowest BCUT2D eigenvalue weighted by atomic mass is 9.88. The summed E-state index contributed by atoms with van der Waals surface area (Å²) in [5, 5.41) is 17.7. The highest BCUT2D eigenvalue weighted by Crippen LogP contribution is 2.38. The van der Waals surface area contributed by atoms with Crippen molar-refractivity contribution in [3.8, 4) is 16.9 Å². The first-order valence-corrected chi connectivity index (χ1v) is 9.86. The maximum atomic E-state index is 11.5. The molecule has 2 N–H and O–H groups in total. The molecule has 1 amide bonds. The Morgan fingerprint density at radius 2 is 2.03 bits per heavy atom. The standard InChI is InChI=1S/C22H22ClN3O3/c1-26-12-11-15(25-26)13-29-16-7-5-14(6-8-16)17-3-2-4-18(21(17)23)19-9-10-20(27)24-22(19)28/h2-8,11-12,19,22,28H,9-10,13H2,1H3,(H,24,27). The van der Waals surface area contributed by atoms with Crippen LogP contribution >= 0.6 is 11.6 Å². The zero-order chi connectivity index (χ0) is 20.4. The van der Waals surface area contributed by atoms with Gasteiger partial charge in [-0.2, -0.15) is 5.10 Å². The number of nitrogens with zero attached hydrogens (tertiary/aromatic N) is 2. The average molecular weight is 412 g/mol. The number of hydrogen-bond donors (Lipinski definition) is 2. The minimum atomic E-state index is -0.925. The van der Waals surface area contributed by atoms with E-state index in [2.05, 4.69) is 10.4 Å². The minimum absolute atomic E-state index is 0.137. The van der Waals surface area contributed by atoms with Crippen molar-refractivity contribution < 1.29 is 14.6 Å². The van der Waals surface area contributed by atoms with E-state index < -0.39 is 6.23 Å². The molecule has 0 saturated carbocycles. The number of carbonyl (C=O) groups is 1. The third-order valence-electron chi connectivity index (χ3n) is 5.12. The van der Waals surface area contributed by atoms with Crippen LogP contribution in [0.2, 0.25) is 5.02 Å². The number of amides is 1. The highest BCUT2D eigenvalue weighted by molar-refractivity contribution is 6.34. The Kier molecular flexibility index (Phi) is 5.56. The number of benzene rings is 2. The van der Waals surface area contributed by atoms with Crippen molar-refractivity contribution in [3.05, 3.63) is 71.0 Å². The number of aliphatic hydroxyl groups is 1. The van der Waals surface area contributed by atoms with E-state index in [1.807, 2.05) is 61.8 Å². The van der Waals surface area contributed by atoms with Gasteiger partial charge in [-0.25, -0.2) is 0 Å². The molecule has 3 aromatic rings. The number of aromatic nitrogens is 2. The Morgan fingerprint density at radius 1 is 1.24 bits per heavy atom. The molecule has 2 heterocycles. The van der Waals surface area contributed by atoms with Crippen LogP contribution < -0.4 is 10.1 Å². The van der Waals surface area contributed by atoms with Crippen LogP contribution in [0.5, 0.6) is 5.75 Å². The highest BCUT2D eigenvalue weighted by Gasteiger charge is 2.30. The van der Waals surface area contributed by atoms with Crippen LogP contribution in [0.3, 0.4) is 0 Å². The third-order valence-corrected chi connectivity index (χ3v) is 5.54. The lowest BCUT2D eigenvalue weighted by Crippen LogP contribution is -2.43. The maximum absolute atomic E-state index is 11.5. The molecule has 150 valence electrons. The van der Waals surface area contributed by atoms with Gasteiger partial charge in [0.2, 0.25) is 5.91 Å². The van der Waals surface area contributed by atoms with Crippen molar-refractivity contribution >= 4 is 17.5 Å². The van der Waals surface area contributed by atoms with E-state index in [9.17, 15) is 9.90 Å². The van der Waals surface area contributed by atoms with Gasteiger partial charge in [0.15, 0.2) is 0 Å². The van der Waals surface area contributed by atoms with Crippen LogP contribution in [0.1, 0.15) is 30.0 Å². The molecular weight excluding hydrogens is 390 g/mol. The summed E-state index contributed by atoms with van der Waals surface area (Å²) in [5.74, 6) is 0.389. The number of aryl methyl sites for hydroxylation is 1. The number of halogens is 1. The monoisotopic (exact) mass is 411 g/mol. The number of aliphatic hydroxyl groups excluding tert-OH is 1. The highest BCUT2D eigenvalue weighted by atomic mass is 35.5. The molecule has 0 bridgehead atoms. The molecule has 1 aromatic heterocycles. The lowest BCUT2D eigenvalue weighted by Gasteiger charge is -2.29. The molecule has 2 aromatic carbocycles. The number of hydrogen-bond acceptors (Lipinski definition) is 4. The summed E-state index contributed by atoms with van der Waals surface area (Å²) in [6.45, 7) is 0.404. The van der Waals surface area contributed by atoms with Crippen molar-refractivity contribution in [1.82, 2.24) is 15.1 Å². The smallest absolute Gasteiger partial charge is 0.222 e. The van der Waals surface area contributed by atoms with Crippen LogP contribution in [0.25, 0.3) is 11.1 Å². The Hall–Kier alpha value is -2.83. The second kappa shape index (κ2) is 8.27. The Bertz CT molecular complexity index is 1020. The largest absolute Gasteiger partial charge is 0.487 e. The van der Waals surface area contributed by atoms with Gasteiger partial charge in [0.05, 0.1) is 10.7 Å². The van der Waals surface area contributed by atoms with Crippen LogP contribution in [0, 0.1) is 0 Å². The van der Waals surface area contributed by atoms with Gasteiger partial charge in [0.1, 0.15) is 18.6 Å². The number of carbonyl (C=O) groups excluding carboxylic acids is 1. The normalized spacial score (nSPS) is 19.1. The first-order valence-electron chi connectivity index (χ1n) is 9.49. The van der Waals surface area contributed by atoms with Gasteiger partial charge in [-0.15, -0.1) is 0 Å². The second-order valence-electron chi connectivity index (χ2n) is 7.16. The molecule has 0 radical (unpaired) electrons. The molecule has 4 rings (SSSR count). The van der Waals surface area contributed by atoms with Crippen molar-refractivity contribution in [1.29, 1.82) is 0 Å². The Labute approximate surface area is 174 Å². The zero-order valence-electron chi connectivity index (χ0n) is 16.0. The molecular formula is C22H22ClN3O3. The maximum Gasteiger partial charge on any atom is 0.222 e. The second-order valence-corrected chi connectivity index (χ2v) is 7.54. The predicted molar refractivity (Wildman–Crippen MR) is 111 cm³/mol. The number of nitrogens with one attached hydrogen (secondary N) is 1. The Balaban J connectivity index is 1.51. The van der Waals surface area contributed by atoms with E-state index in [0.717, 1.165) is 28.1 Å². The van der Waals surface area contributed by atoms with E-state index in [-0.39, 0.29) is 11.8 Å². The van der Waals surface area contributed by atoms with Gasteiger partial charge in [-0.1, -0.05) is 41.9 Å². The number of piperidine rings is 1. The molecule has 29 heavy (non-hydrogen) atoms. The summed E-state index contributed by atoms with van der Waals surface area (Å²) in [5.41, 5.74) is 3.54. The molecule has 2 unspecified atom stereocenters. The molecule has 1 saturated heterocycles. The van der Waals surface area contributed by atoms with E-state index in [0.29, 0.717) is 24.5 Å². The van der Waals surface area contributed by atoms with Crippen molar-refractivity contribution in [2.75, 3.05) is 0 Å². The number of rotatable bonds is 5. The van der Waals surface area contributed by atoms with Crippen molar-refractivity contribution in [3.63, 3.8) is 0 Å². The average Bonchev–Trinajstić information content (AvgIpc) is 3.13. The SMILES string of the molecule is Cn1ccc(COc2ccc(-c3cccc(C4CCC(=O)NC4O)c3Cl)cc2)n1. The van der Waals surface area contributed by atoms with E-state index in [4.69, 9.17) is 16.3 Å². The summed E-state index contributed by atoms with van der Waals surface area (Å²) < 4.78 is 7.53. The predicted octanol–water partition coefficient (Wildman–Crippen LogP) is 3.63. The van der Waals surface area contributed by atoms with Gasteiger partial charge < -0.3 is 15.2 Å². The van der Waals surface area contributed by atoms with E-state index >= 15 is 0 Å². The van der Waals surface area contributed by atoms with Crippen LogP contribution in [0.4, 0.5) is 0 Å². The summed E-state index contributed by atoms with van der Waals surface area (Å²) in [7, 11) is 1.87. The lowest BCUT2D eigenvalue weighted by molar-refractivity contribution is -0.127. The first kappa shape index (κ1) is 19.5. The van der Waals surface area contributed by atoms with Crippen molar-refractivity contribution in [2.45, 2.75) is 31.6 Å². The minimum Gasteiger partial charge on any atom is -0.487 e. The molecule has 1 aliphatic heterocycles. The first-order chi connectivity index (χ1) is 14.0. The zero-order valence-corrected chi connectivity index (χ0v) is 16.8. The van der Waals surface area contributed by atoms with Gasteiger partial charge in [-0.3, -0.25) is 9.48 Å². The quantitative estimate of drug-likeness (QED) is 0.672. The molecule has 0 spiro atoms. The summed E-state index contributed by atoms with van der Waals surface area (Å²) in [4.78, 5) is 11.5. The molecule has 0 aliphatic carbocycles. The molecule has 1 aliphatic rings. The molecule has 7 heteroatoms. The Morgan fingerprint density at radius 3 is 2.72 bits per heavy atom. The van der Waals surface area contributed by atoms with Gasteiger partial charge in [0, 0.05) is 31.1 Å². The van der Waals surface area contributed by atoms with Crippen molar-refractivity contribution in [2.24, 2.45) is 7.05 Å². The third kappa shape index (κ3) is 4.28. The topological polar surface area (TPSA) is 76.4 Å². The molecule has 2 atom stereocenters. The summed E-state index contributed by atoms with van der Waals surface area (Å²) in [6.07, 6.45) is 1.90. The summed E-state index contributed by atoms with van der Waals surface area (Å²) >= 11 is 6.70. The van der Waals surface area contributed by atoms with Gasteiger partial charge in [0.25, 0.3) is 0 Å². The van der Waals surface area contributed by atoms with Gasteiger partial charge in [-0.05, 0) is 35.7 Å². The van der Waals surface area contributed by atoms with Crippen LogP contribution in [-0.4, -0.2) is 27.0 Å². The van der Waals surface area contributed by atoms with Crippen LogP contribution in [0.15, 0.2) is 54.7 Å². The molecule has 1 fully saturated rings. The van der Waals surface area contributed by atoms with Crippen LogP contribution in [-0.2, 0) is 18.4 Å². The fraction of sp³-hybridized carbons (Fsp3) is 0.273.